The maximum atomic E-state index is 11.7. The van der Waals surface area contributed by atoms with Crippen LogP contribution in [0, 0.1) is 0 Å². The molecule has 21 heavy (non-hydrogen) atoms. The minimum atomic E-state index is -3.23. The maximum absolute atomic E-state index is 11.7. The van der Waals surface area contributed by atoms with Gasteiger partial charge >= 0.3 is 0 Å². The first kappa shape index (κ1) is 14.1. The molecule has 5 nitrogen and oxygen atoms in total. The van der Waals surface area contributed by atoms with Crippen molar-refractivity contribution in [2.75, 3.05) is 10.5 Å². The summed E-state index contributed by atoms with van der Waals surface area (Å²) in [6.07, 6.45) is 4.68. The molecule has 0 unspecified atom stereocenters. The second-order valence-electron chi connectivity index (χ2n) is 5.31. The van der Waals surface area contributed by atoms with Crippen molar-refractivity contribution >= 4 is 15.7 Å². The zero-order valence-electron chi connectivity index (χ0n) is 12.0. The summed E-state index contributed by atoms with van der Waals surface area (Å²) in [5, 5.41) is 0. The van der Waals surface area contributed by atoms with Gasteiger partial charge in [-0.15, -0.1) is 0 Å². The Morgan fingerprint density at radius 1 is 1.29 bits per heavy atom. The van der Waals surface area contributed by atoms with Gasteiger partial charge in [-0.05, 0) is 30.5 Å². The summed E-state index contributed by atoms with van der Waals surface area (Å²) in [6.45, 7) is 2.86. The highest BCUT2D eigenvalue weighted by Crippen LogP contribution is 2.26. The Balaban J connectivity index is 1.81. The minimum Gasteiger partial charge on any atom is -0.328 e. The normalized spacial score (nSPS) is 14.1. The molecule has 6 heteroatoms. The summed E-state index contributed by atoms with van der Waals surface area (Å²) < 4.78 is 28.3. The van der Waals surface area contributed by atoms with Crippen LogP contribution >= 0.6 is 0 Å². The molecule has 0 aliphatic carbocycles. The van der Waals surface area contributed by atoms with Crippen LogP contribution in [0.3, 0.4) is 0 Å². The quantitative estimate of drug-likeness (QED) is 0.923. The molecule has 3 rings (SSSR count). The van der Waals surface area contributed by atoms with Crippen molar-refractivity contribution in [2.45, 2.75) is 32.7 Å². The number of hydrogen-bond acceptors (Lipinski definition) is 3. The van der Waals surface area contributed by atoms with Crippen molar-refractivity contribution < 1.29 is 8.42 Å². The van der Waals surface area contributed by atoms with E-state index >= 15 is 0 Å². The fourth-order valence-corrected chi connectivity index (χ4v) is 3.83. The largest absolute Gasteiger partial charge is 0.328 e. The molecule has 0 spiro atoms. The predicted octanol–water partition coefficient (Wildman–Crippen LogP) is 2.65. The number of hydrogen-bond donors (Lipinski definition) is 1. The molecule has 0 radical (unpaired) electrons. The van der Waals surface area contributed by atoms with E-state index in [9.17, 15) is 8.42 Å². The third-order valence-corrected chi connectivity index (χ3v) is 5.14. The smallest absolute Gasteiger partial charge is 0.232 e. The highest BCUT2D eigenvalue weighted by atomic mass is 32.2. The first-order valence-corrected chi connectivity index (χ1v) is 8.89. The molecule has 0 bridgehead atoms. The van der Waals surface area contributed by atoms with Gasteiger partial charge in [0.25, 0.3) is 0 Å². The average Bonchev–Trinajstić information content (AvgIpc) is 3.01. The van der Waals surface area contributed by atoms with Gasteiger partial charge in [0, 0.05) is 18.7 Å². The Labute approximate surface area is 125 Å². The number of sulfonamides is 1. The lowest BCUT2D eigenvalue weighted by atomic mass is 10.1. The number of nitrogens with zero attached hydrogens (tertiary/aromatic N) is 2. The van der Waals surface area contributed by atoms with Crippen LogP contribution < -0.4 is 4.72 Å². The molecule has 0 amide bonds. The lowest BCUT2D eigenvalue weighted by Gasteiger charge is -2.09. The number of aromatic nitrogens is 2. The van der Waals surface area contributed by atoms with Gasteiger partial charge in [-0.2, -0.15) is 0 Å². The van der Waals surface area contributed by atoms with Crippen molar-refractivity contribution in [3.8, 4) is 11.3 Å². The maximum Gasteiger partial charge on any atom is 0.232 e. The molecular weight excluding hydrogens is 286 g/mol. The average molecular weight is 305 g/mol. The summed E-state index contributed by atoms with van der Waals surface area (Å²) in [5.41, 5.74) is 2.77. The Morgan fingerprint density at radius 2 is 2.05 bits per heavy atom. The van der Waals surface area contributed by atoms with Gasteiger partial charge in [-0.3, -0.25) is 4.72 Å². The molecule has 2 heterocycles. The van der Waals surface area contributed by atoms with Crippen LogP contribution in [-0.4, -0.2) is 23.7 Å². The summed E-state index contributed by atoms with van der Waals surface area (Å²) >= 11 is 0. The lowest BCUT2D eigenvalue weighted by Crippen LogP contribution is -2.15. The second-order valence-corrected chi connectivity index (χ2v) is 7.16. The van der Waals surface area contributed by atoms with E-state index in [1.807, 2.05) is 25.3 Å². The number of rotatable bonds is 5. The second kappa shape index (κ2) is 5.52. The molecule has 1 aliphatic heterocycles. The van der Waals surface area contributed by atoms with Gasteiger partial charge < -0.3 is 4.57 Å². The van der Waals surface area contributed by atoms with Gasteiger partial charge in [0.05, 0.1) is 17.6 Å². The van der Waals surface area contributed by atoms with Gasteiger partial charge in [0.15, 0.2) is 0 Å². The van der Waals surface area contributed by atoms with Crippen LogP contribution in [0.25, 0.3) is 11.3 Å². The van der Waals surface area contributed by atoms with E-state index in [0.717, 1.165) is 36.5 Å². The van der Waals surface area contributed by atoms with Gasteiger partial charge in [-0.1, -0.05) is 19.1 Å². The van der Waals surface area contributed by atoms with E-state index in [4.69, 9.17) is 0 Å². The van der Waals surface area contributed by atoms with Crippen LogP contribution in [-0.2, 0) is 23.0 Å². The van der Waals surface area contributed by atoms with Gasteiger partial charge in [-0.25, -0.2) is 13.4 Å². The lowest BCUT2D eigenvalue weighted by molar-refractivity contribution is 0.600. The van der Waals surface area contributed by atoms with Crippen LogP contribution in [0.1, 0.15) is 25.6 Å². The van der Waals surface area contributed by atoms with Crippen molar-refractivity contribution in [1.82, 2.24) is 9.55 Å². The molecule has 1 aromatic carbocycles. The summed E-state index contributed by atoms with van der Waals surface area (Å²) in [4.78, 5) is 4.43. The number of anilines is 1. The predicted molar refractivity (Wildman–Crippen MR) is 83.7 cm³/mol. The Bertz CT molecular complexity index is 733. The molecule has 112 valence electrons. The monoisotopic (exact) mass is 305 g/mol. The van der Waals surface area contributed by atoms with Crippen molar-refractivity contribution in [3.05, 3.63) is 36.3 Å². The first-order chi connectivity index (χ1) is 10.1. The molecule has 0 atom stereocenters. The highest BCUT2D eigenvalue weighted by Gasteiger charge is 2.16. The van der Waals surface area contributed by atoms with E-state index in [1.54, 1.807) is 12.1 Å². The van der Waals surface area contributed by atoms with Crippen molar-refractivity contribution in [1.29, 1.82) is 0 Å². The molecular formula is C15H19N3O2S. The molecule has 0 saturated heterocycles. The SMILES string of the molecule is CCCS(=O)(=O)Nc1ccc(-c2cnc3n2CCC3)cc1. The molecule has 1 aromatic heterocycles. The van der Waals surface area contributed by atoms with Crippen LogP contribution in [0.5, 0.6) is 0 Å². The van der Waals surface area contributed by atoms with Gasteiger partial charge in [0.2, 0.25) is 10.0 Å². The molecule has 1 N–H and O–H groups in total. The third-order valence-electron chi connectivity index (χ3n) is 3.65. The Kier molecular flexibility index (Phi) is 3.71. The number of nitrogens with one attached hydrogen (secondary N) is 1. The number of aryl methyl sites for hydroxylation is 1. The molecule has 0 saturated carbocycles. The topological polar surface area (TPSA) is 64.0 Å². The zero-order valence-corrected chi connectivity index (χ0v) is 12.9. The van der Waals surface area contributed by atoms with Crippen LogP contribution in [0.2, 0.25) is 0 Å². The number of fused-ring (bicyclic) bond motifs is 1. The molecule has 2 aromatic rings. The van der Waals surface area contributed by atoms with E-state index in [-0.39, 0.29) is 5.75 Å². The van der Waals surface area contributed by atoms with Crippen molar-refractivity contribution in [3.63, 3.8) is 0 Å². The fraction of sp³-hybridized carbons (Fsp3) is 0.400. The van der Waals surface area contributed by atoms with E-state index in [2.05, 4.69) is 14.3 Å². The zero-order chi connectivity index (χ0) is 14.9. The van der Waals surface area contributed by atoms with Gasteiger partial charge in [0.1, 0.15) is 5.82 Å². The van der Waals surface area contributed by atoms with E-state index in [1.165, 1.54) is 0 Å². The van der Waals surface area contributed by atoms with E-state index in [0.29, 0.717) is 12.1 Å². The van der Waals surface area contributed by atoms with E-state index < -0.39 is 10.0 Å². The molecule has 0 fully saturated rings. The van der Waals surface area contributed by atoms with Crippen LogP contribution in [0.4, 0.5) is 5.69 Å². The third kappa shape index (κ3) is 2.95. The molecule has 1 aliphatic rings. The Hall–Kier alpha value is -1.82. The van der Waals surface area contributed by atoms with Crippen molar-refractivity contribution in [2.24, 2.45) is 0 Å². The Morgan fingerprint density at radius 3 is 2.76 bits per heavy atom. The summed E-state index contributed by atoms with van der Waals surface area (Å²) in [7, 11) is -3.23. The number of benzene rings is 1. The minimum absolute atomic E-state index is 0.144. The fourth-order valence-electron chi connectivity index (χ4n) is 2.70. The van der Waals surface area contributed by atoms with Crippen LogP contribution in [0.15, 0.2) is 30.5 Å². The standard InChI is InChI=1S/C15H19N3O2S/c1-2-10-21(19,20)17-13-7-5-12(6-8-13)14-11-16-15-4-3-9-18(14)15/h5-8,11,17H,2-4,9-10H2,1H3. The number of imidazole rings is 1. The first-order valence-electron chi connectivity index (χ1n) is 7.24. The highest BCUT2D eigenvalue weighted by molar-refractivity contribution is 7.92. The summed E-state index contributed by atoms with van der Waals surface area (Å²) in [6, 6.07) is 7.48. The summed E-state index contributed by atoms with van der Waals surface area (Å²) in [5.74, 6) is 1.28.